The number of carboxylic acid groups (broad SMARTS) is 1. The third-order valence-electron chi connectivity index (χ3n) is 2.39. The molecule has 0 aliphatic heterocycles. The molecule has 9 heteroatoms. The van der Waals surface area contributed by atoms with Crippen molar-refractivity contribution in [3.63, 3.8) is 0 Å². The molecule has 1 aromatic heterocycles. The zero-order valence-electron chi connectivity index (χ0n) is 9.57. The van der Waals surface area contributed by atoms with Gasteiger partial charge in [-0.25, -0.2) is 4.68 Å². The van der Waals surface area contributed by atoms with E-state index in [1.807, 2.05) is 0 Å². The van der Waals surface area contributed by atoms with Crippen molar-refractivity contribution in [3.05, 3.63) is 0 Å². The zero-order valence-corrected chi connectivity index (χ0v) is 10.4. The first-order valence-electron chi connectivity index (χ1n) is 5.55. The van der Waals surface area contributed by atoms with Crippen LogP contribution in [0, 0.1) is 5.92 Å². The number of hydrogen-bond donors (Lipinski definition) is 2. The molecule has 1 fully saturated rings. The summed E-state index contributed by atoms with van der Waals surface area (Å²) >= 11 is 1.05. The Bertz CT molecular complexity index is 445. The van der Waals surface area contributed by atoms with Crippen molar-refractivity contribution in [1.29, 1.82) is 0 Å². The first-order chi connectivity index (χ1) is 8.66. The molecule has 1 aliphatic rings. The lowest BCUT2D eigenvalue weighted by atomic mass is 10.4. The number of rotatable bonds is 7. The first kappa shape index (κ1) is 12.8. The molecule has 0 bridgehead atoms. The second-order valence-corrected chi connectivity index (χ2v) is 4.87. The highest BCUT2D eigenvalue weighted by atomic mass is 32.2. The van der Waals surface area contributed by atoms with Crippen LogP contribution >= 0.6 is 11.8 Å². The minimum Gasteiger partial charge on any atom is -0.481 e. The van der Waals surface area contributed by atoms with E-state index in [4.69, 9.17) is 5.11 Å². The van der Waals surface area contributed by atoms with E-state index < -0.39 is 5.97 Å². The van der Waals surface area contributed by atoms with E-state index in [0.29, 0.717) is 18.2 Å². The van der Waals surface area contributed by atoms with Gasteiger partial charge in [-0.15, -0.1) is 5.10 Å². The van der Waals surface area contributed by atoms with Gasteiger partial charge in [-0.2, -0.15) is 0 Å². The molecule has 1 aromatic rings. The van der Waals surface area contributed by atoms with Gasteiger partial charge in [0, 0.05) is 12.5 Å². The molecule has 0 radical (unpaired) electrons. The van der Waals surface area contributed by atoms with Crippen LogP contribution in [0.25, 0.3) is 0 Å². The number of amides is 1. The average Bonchev–Trinajstić information content (AvgIpc) is 3.08. The predicted molar refractivity (Wildman–Crippen MR) is 61.9 cm³/mol. The molecule has 98 valence electrons. The summed E-state index contributed by atoms with van der Waals surface area (Å²) in [7, 11) is 0. The van der Waals surface area contributed by atoms with Gasteiger partial charge in [-0.1, -0.05) is 11.8 Å². The summed E-state index contributed by atoms with van der Waals surface area (Å²) in [6.07, 6.45) is 1.94. The number of carbonyl (C=O) groups excluding carboxylic acids is 1. The molecule has 1 amide bonds. The topological polar surface area (TPSA) is 110 Å². The van der Waals surface area contributed by atoms with Gasteiger partial charge in [0.2, 0.25) is 11.1 Å². The number of thioether (sulfide) groups is 1. The van der Waals surface area contributed by atoms with Gasteiger partial charge < -0.3 is 10.4 Å². The molecule has 1 heterocycles. The predicted octanol–water partition coefficient (Wildman–Crippen LogP) is -0.624. The highest BCUT2D eigenvalue weighted by Gasteiger charge is 2.29. The number of carbonyl (C=O) groups is 2. The molecule has 0 saturated heterocycles. The first-order valence-corrected chi connectivity index (χ1v) is 6.54. The Balaban J connectivity index is 1.76. The van der Waals surface area contributed by atoms with Crippen LogP contribution in [-0.2, 0) is 16.1 Å². The fourth-order valence-electron chi connectivity index (χ4n) is 1.34. The van der Waals surface area contributed by atoms with E-state index in [-0.39, 0.29) is 17.6 Å². The molecular formula is C9H13N5O3S. The maximum atomic E-state index is 11.4. The molecular weight excluding hydrogens is 258 g/mol. The Morgan fingerprint density at radius 1 is 1.50 bits per heavy atom. The standard InChI is InChI=1S/C9H13N5O3S/c15-7(16)5-18-9-11-12-13-14(9)4-3-10-8(17)6-1-2-6/h6H,1-5H2,(H,10,17)(H,15,16). The Labute approximate surface area is 107 Å². The van der Waals surface area contributed by atoms with Crippen LogP contribution in [0.4, 0.5) is 0 Å². The second kappa shape index (κ2) is 5.80. The number of tetrazole rings is 1. The Morgan fingerprint density at radius 2 is 2.28 bits per heavy atom. The number of nitrogens with one attached hydrogen (secondary N) is 1. The summed E-state index contributed by atoms with van der Waals surface area (Å²) < 4.78 is 1.49. The van der Waals surface area contributed by atoms with Gasteiger partial charge in [0.25, 0.3) is 0 Å². The summed E-state index contributed by atoms with van der Waals surface area (Å²) in [5.41, 5.74) is 0. The van der Waals surface area contributed by atoms with E-state index in [9.17, 15) is 9.59 Å². The molecule has 8 nitrogen and oxygen atoms in total. The molecule has 1 saturated carbocycles. The van der Waals surface area contributed by atoms with Crippen molar-refractivity contribution in [2.45, 2.75) is 24.5 Å². The SMILES string of the molecule is O=C(O)CSc1nnnn1CCNC(=O)C1CC1. The highest BCUT2D eigenvalue weighted by molar-refractivity contribution is 7.99. The van der Waals surface area contributed by atoms with Crippen molar-refractivity contribution < 1.29 is 14.7 Å². The van der Waals surface area contributed by atoms with Crippen LogP contribution in [0.5, 0.6) is 0 Å². The summed E-state index contributed by atoms with van der Waals surface area (Å²) in [4.78, 5) is 21.8. The highest BCUT2D eigenvalue weighted by Crippen LogP contribution is 2.28. The molecule has 18 heavy (non-hydrogen) atoms. The quantitative estimate of drug-likeness (QED) is 0.636. The largest absolute Gasteiger partial charge is 0.481 e. The molecule has 0 unspecified atom stereocenters. The molecule has 0 aromatic carbocycles. The van der Waals surface area contributed by atoms with Crippen molar-refractivity contribution in [2.24, 2.45) is 5.92 Å². The van der Waals surface area contributed by atoms with Crippen LogP contribution in [0.3, 0.4) is 0 Å². The fraction of sp³-hybridized carbons (Fsp3) is 0.667. The van der Waals surface area contributed by atoms with Gasteiger partial charge in [0.1, 0.15) is 0 Å². The van der Waals surface area contributed by atoms with Crippen LogP contribution in [-0.4, -0.2) is 49.5 Å². The Hall–Kier alpha value is -1.64. The number of aliphatic carboxylic acids is 1. The maximum absolute atomic E-state index is 11.4. The van der Waals surface area contributed by atoms with E-state index in [1.165, 1.54) is 4.68 Å². The van der Waals surface area contributed by atoms with Crippen LogP contribution < -0.4 is 5.32 Å². The normalized spacial score (nSPS) is 14.4. The average molecular weight is 271 g/mol. The minimum atomic E-state index is -0.920. The lowest BCUT2D eigenvalue weighted by molar-refractivity contribution is -0.134. The number of hydrogen-bond acceptors (Lipinski definition) is 6. The number of carboxylic acids is 1. The monoisotopic (exact) mass is 271 g/mol. The lowest BCUT2D eigenvalue weighted by Crippen LogP contribution is -2.28. The number of nitrogens with zero attached hydrogens (tertiary/aromatic N) is 4. The van der Waals surface area contributed by atoms with Crippen molar-refractivity contribution >= 4 is 23.6 Å². The Kier molecular flexibility index (Phi) is 4.13. The van der Waals surface area contributed by atoms with E-state index in [1.54, 1.807) is 0 Å². The summed E-state index contributed by atoms with van der Waals surface area (Å²) in [5, 5.41) is 22.7. The van der Waals surface area contributed by atoms with Crippen molar-refractivity contribution in [2.75, 3.05) is 12.3 Å². The summed E-state index contributed by atoms with van der Waals surface area (Å²) in [6, 6.07) is 0. The van der Waals surface area contributed by atoms with Crippen molar-refractivity contribution in [1.82, 2.24) is 25.5 Å². The number of aromatic nitrogens is 4. The third kappa shape index (κ3) is 3.69. The minimum absolute atomic E-state index is 0.0720. The smallest absolute Gasteiger partial charge is 0.313 e. The van der Waals surface area contributed by atoms with Crippen LogP contribution in [0.2, 0.25) is 0 Å². The second-order valence-electron chi connectivity index (χ2n) is 3.93. The molecule has 2 rings (SSSR count). The van der Waals surface area contributed by atoms with E-state index >= 15 is 0 Å². The van der Waals surface area contributed by atoms with Gasteiger partial charge in [0.15, 0.2) is 0 Å². The lowest BCUT2D eigenvalue weighted by Gasteiger charge is -2.05. The maximum Gasteiger partial charge on any atom is 0.313 e. The fourth-order valence-corrected chi connectivity index (χ4v) is 1.96. The van der Waals surface area contributed by atoms with Gasteiger partial charge in [0.05, 0.1) is 12.3 Å². The zero-order chi connectivity index (χ0) is 13.0. The molecule has 1 aliphatic carbocycles. The van der Waals surface area contributed by atoms with Gasteiger partial charge in [-0.05, 0) is 23.3 Å². The Morgan fingerprint density at radius 3 is 2.94 bits per heavy atom. The molecule has 0 spiro atoms. The van der Waals surface area contributed by atoms with E-state index in [0.717, 1.165) is 24.6 Å². The van der Waals surface area contributed by atoms with Crippen LogP contribution in [0.1, 0.15) is 12.8 Å². The summed E-state index contributed by atoms with van der Waals surface area (Å²) in [6.45, 7) is 0.883. The molecule has 2 N–H and O–H groups in total. The van der Waals surface area contributed by atoms with Gasteiger partial charge in [-0.3, -0.25) is 9.59 Å². The van der Waals surface area contributed by atoms with Crippen LogP contribution in [0.15, 0.2) is 5.16 Å². The van der Waals surface area contributed by atoms with Gasteiger partial charge >= 0.3 is 5.97 Å². The van der Waals surface area contributed by atoms with E-state index in [2.05, 4.69) is 20.8 Å². The summed E-state index contributed by atoms with van der Waals surface area (Å²) in [5.74, 6) is -0.756. The van der Waals surface area contributed by atoms with Crippen molar-refractivity contribution in [3.8, 4) is 0 Å². The molecule has 0 atom stereocenters. The third-order valence-corrected chi connectivity index (χ3v) is 3.34.